The lowest BCUT2D eigenvalue weighted by Crippen LogP contribution is -2.50. The number of H-pyrrole nitrogens is 1. The molecule has 0 radical (unpaired) electrons. The maximum Gasteiger partial charge on any atom is 0.226 e. The van der Waals surface area contributed by atoms with Gasteiger partial charge in [-0.3, -0.25) is 0 Å². The van der Waals surface area contributed by atoms with Gasteiger partial charge in [-0.1, -0.05) is 0 Å². The fourth-order valence-corrected chi connectivity index (χ4v) is 2.36. The fraction of sp³-hybridized carbons (Fsp3) is 0.583. The normalized spacial score (nSPS) is 23.2. The zero-order chi connectivity index (χ0) is 14.1. The van der Waals surface area contributed by atoms with Crippen molar-refractivity contribution in [2.24, 2.45) is 0 Å². The Labute approximate surface area is 116 Å². The molecular formula is C12H18N6O2. The monoisotopic (exact) mass is 278 g/mol. The van der Waals surface area contributed by atoms with Crippen LogP contribution < -0.4 is 10.2 Å². The molecule has 1 aliphatic heterocycles. The SMILES string of the molecule is CNc1nc(N2CC(CO)OCC2C)c2[nH]cnc2n1. The van der Waals surface area contributed by atoms with Crippen LogP contribution in [-0.4, -0.2) is 64.0 Å². The smallest absolute Gasteiger partial charge is 0.226 e. The van der Waals surface area contributed by atoms with Crippen LogP contribution in [0.5, 0.6) is 0 Å². The van der Waals surface area contributed by atoms with Gasteiger partial charge in [0.05, 0.1) is 31.7 Å². The highest BCUT2D eigenvalue weighted by molar-refractivity contribution is 5.84. The van der Waals surface area contributed by atoms with Crippen LogP contribution in [0.4, 0.5) is 11.8 Å². The summed E-state index contributed by atoms with van der Waals surface area (Å²) in [6.45, 7) is 3.21. The molecule has 0 amide bonds. The molecule has 1 fully saturated rings. The van der Waals surface area contributed by atoms with Crippen LogP contribution in [0.3, 0.4) is 0 Å². The summed E-state index contributed by atoms with van der Waals surface area (Å²) in [6, 6.07) is 0.170. The fourth-order valence-electron chi connectivity index (χ4n) is 2.36. The second-order valence-corrected chi connectivity index (χ2v) is 4.86. The Kier molecular flexibility index (Phi) is 3.41. The predicted octanol–water partition coefficient (Wildman–Crippen LogP) is -0.0194. The van der Waals surface area contributed by atoms with Crippen molar-refractivity contribution in [3.05, 3.63) is 6.33 Å². The highest BCUT2D eigenvalue weighted by Crippen LogP contribution is 2.26. The van der Waals surface area contributed by atoms with Crippen LogP contribution in [0.2, 0.25) is 0 Å². The first-order valence-corrected chi connectivity index (χ1v) is 6.61. The van der Waals surface area contributed by atoms with Crippen molar-refractivity contribution >= 4 is 22.9 Å². The second-order valence-electron chi connectivity index (χ2n) is 4.86. The van der Waals surface area contributed by atoms with Gasteiger partial charge in [-0.05, 0) is 6.92 Å². The van der Waals surface area contributed by atoms with E-state index in [0.717, 1.165) is 11.3 Å². The Morgan fingerprint density at radius 1 is 1.55 bits per heavy atom. The minimum absolute atomic E-state index is 0.000687. The molecule has 0 aliphatic carbocycles. The molecule has 0 saturated carbocycles. The largest absolute Gasteiger partial charge is 0.394 e. The minimum atomic E-state index is -0.197. The van der Waals surface area contributed by atoms with Crippen LogP contribution in [0.15, 0.2) is 6.33 Å². The minimum Gasteiger partial charge on any atom is -0.394 e. The molecule has 2 unspecified atom stereocenters. The molecule has 108 valence electrons. The number of hydrogen-bond acceptors (Lipinski definition) is 7. The van der Waals surface area contributed by atoms with Gasteiger partial charge in [0.15, 0.2) is 11.5 Å². The number of imidazole rings is 1. The van der Waals surface area contributed by atoms with Crippen LogP contribution in [0, 0.1) is 0 Å². The molecule has 0 aromatic carbocycles. The third-order valence-electron chi connectivity index (χ3n) is 3.47. The maximum absolute atomic E-state index is 9.30. The van der Waals surface area contributed by atoms with Crippen molar-refractivity contribution in [3.8, 4) is 0 Å². The number of hydrogen-bond donors (Lipinski definition) is 3. The van der Waals surface area contributed by atoms with Gasteiger partial charge >= 0.3 is 0 Å². The second kappa shape index (κ2) is 5.22. The number of aromatic amines is 1. The van der Waals surface area contributed by atoms with E-state index in [2.05, 4.69) is 37.1 Å². The maximum atomic E-state index is 9.30. The zero-order valence-electron chi connectivity index (χ0n) is 11.5. The van der Waals surface area contributed by atoms with Crippen molar-refractivity contribution < 1.29 is 9.84 Å². The molecule has 2 aromatic heterocycles. The molecule has 1 saturated heterocycles. The predicted molar refractivity (Wildman–Crippen MR) is 74.9 cm³/mol. The Morgan fingerprint density at radius 2 is 2.40 bits per heavy atom. The number of aliphatic hydroxyl groups is 1. The number of nitrogens with one attached hydrogen (secondary N) is 2. The van der Waals surface area contributed by atoms with Crippen molar-refractivity contribution in [1.29, 1.82) is 0 Å². The molecule has 3 N–H and O–H groups in total. The lowest BCUT2D eigenvalue weighted by atomic mass is 10.2. The first-order chi connectivity index (χ1) is 9.72. The zero-order valence-corrected chi connectivity index (χ0v) is 11.5. The van der Waals surface area contributed by atoms with E-state index in [-0.39, 0.29) is 18.8 Å². The Hall–Kier alpha value is -1.93. The molecule has 3 heterocycles. The molecule has 0 bridgehead atoms. The van der Waals surface area contributed by atoms with Gasteiger partial charge in [0.1, 0.15) is 5.52 Å². The van der Waals surface area contributed by atoms with Gasteiger partial charge in [0.25, 0.3) is 0 Å². The summed E-state index contributed by atoms with van der Waals surface area (Å²) >= 11 is 0. The van der Waals surface area contributed by atoms with Crippen LogP contribution in [0.25, 0.3) is 11.2 Å². The van der Waals surface area contributed by atoms with Crippen molar-refractivity contribution in [2.75, 3.05) is 37.0 Å². The summed E-state index contributed by atoms with van der Waals surface area (Å²) in [5.74, 6) is 1.31. The summed E-state index contributed by atoms with van der Waals surface area (Å²) < 4.78 is 5.56. The van der Waals surface area contributed by atoms with E-state index in [0.29, 0.717) is 24.7 Å². The lowest BCUT2D eigenvalue weighted by Gasteiger charge is -2.38. The van der Waals surface area contributed by atoms with Crippen molar-refractivity contribution in [1.82, 2.24) is 19.9 Å². The van der Waals surface area contributed by atoms with E-state index in [1.165, 1.54) is 0 Å². The number of fused-ring (bicyclic) bond motifs is 1. The molecule has 8 nitrogen and oxygen atoms in total. The first kappa shape index (κ1) is 13.1. The summed E-state index contributed by atoms with van der Waals surface area (Å²) in [6.07, 6.45) is 1.41. The Balaban J connectivity index is 2.04. The third-order valence-corrected chi connectivity index (χ3v) is 3.47. The summed E-state index contributed by atoms with van der Waals surface area (Å²) in [7, 11) is 1.77. The number of aliphatic hydroxyl groups excluding tert-OH is 1. The van der Waals surface area contributed by atoms with E-state index >= 15 is 0 Å². The summed E-state index contributed by atoms with van der Waals surface area (Å²) in [5.41, 5.74) is 1.42. The molecule has 20 heavy (non-hydrogen) atoms. The Bertz CT molecular complexity index is 601. The summed E-state index contributed by atoms with van der Waals surface area (Å²) in [4.78, 5) is 18.2. The van der Waals surface area contributed by atoms with Gasteiger partial charge in [0, 0.05) is 13.6 Å². The van der Waals surface area contributed by atoms with Crippen LogP contribution >= 0.6 is 0 Å². The number of morpholine rings is 1. The van der Waals surface area contributed by atoms with Crippen molar-refractivity contribution in [3.63, 3.8) is 0 Å². The number of anilines is 2. The molecular weight excluding hydrogens is 260 g/mol. The molecule has 2 aromatic rings. The van der Waals surface area contributed by atoms with Crippen LogP contribution in [0.1, 0.15) is 6.92 Å². The van der Waals surface area contributed by atoms with E-state index < -0.39 is 0 Å². The average molecular weight is 278 g/mol. The summed E-state index contributed by atoms with van der Waals surface area (Å²) in [5, 5.41) is 12.2. The number of nitrogens with zero attached hydrogens (tertiary/aromatic N) is 4. The highest BCUT2D eigenvalue weighted by Gasteiger charge is 2.28. The number of ether oxygens (including phenoxy) is 1. The van der Waals surface area contributed by atoms with E-state index in [1.807, 2.05) is 0 Å². The molecule has 2 atom stereocenters. The molecule has 1 aliphatic rings. The van der Waals surface area contributed by atoms with Gasteiger partial charge in [-0.25, -0.2) is 4.98 Å². The van der Waals surface area contributed by atoms with Gasteiger partial charge in [0.2, 0.25) is 5.95 Å². The quantitative estimate of drug-likeness (QED) is 0.725. The molecule has 0 spiro atoms. The van der Waals surface area contributed by atoms with E-state index in [1.54, 1.807) is 13.4 Å². The number of aromatic nitrogens is 4. The highest BCUT2D eigenvalue weighted by atomic mass is 16.5. The number of rotatable bonds is 3. The molecule has 8 heteroatoms. The topological polar surface area (TPSA) is 99.2 Å². The standard InChI is InChI=1S/C12H18N6O2/c1-7-5-20-8(4-19)3-18(7)11-9-10(15-6-14-9)16-12(13-2)17-11/h6-8,19H,3-5H2,1-2H3,(H2,13,14,15,16,17). The average Bonchev–Trinajstić information content (AvgIpc) is 2.95. The van der Waals surface area contributed by atoms with Crippen LogP contribution in [-0.2, 0) is 4.74 Å². The van der Waals surface area contributed by atoms with Gasteiger partial charge < -0.3 is 25.0 Å². The van der Waals surface area contributed by atoms with E-state index in [4.69, 9.17) is 4.74 Å². The van der Waals surface area contributed by atoms with Gasteiger partial charge in [-0.15, -0.1) is 0 Å². The van der Waals surface area contributed by atoms with Crippen molar-refractivity contribution in [2.45, 2.75) is 19.1 Å². The Morgan fingerprint density at radius 3 is 3.15 bits per heavy atom. The molecule has 3 rings (SSSR count). The van der Waals surface area contributed by atoms with E-state index in [9.17, 15) is 5.11 Å². The lowest BCUT2D eigenvalue weighted by molar-refractivity contribution is -0.0104. The first-order valence-electron chi connectivity index (χ1n) is 6.61. The van der Waals surface area contributed by atoms with Gasteiger partial charge in [-0.2, -0.15) is 9.97 Å². The third kappa shape index (κ3) is 2.16.